The van der Waals surface area contributed by atoms with E-state index in [1.54, 1.807) is 19.2 Å². The maximum absolute atomic E-state index is 13.3. The number of hydrogen-bond donors (Lipinski definition) is 0. The van der Waals surface area contributed by atoms with Gasteiger partial charge in [-0.05, 0) is 30.5 Å². The van der Waals surface area contributed by atoms with Crippen LogP contribution < -0.4 is 0 Å². The van der Waals surface area contributed by atoms with Gasteiger partial charge in [0.15, 0.2) is 0 Å². The highest BCUT2D eigenvalue weighted by atomic mass is 19.1. The zero-order valence-corrected chi connectivity index (χ0v) is 11.9. The van der Waals surface area contributed by atoms with E-state index in [1.165, 1.54) is 6.07 Å². The molecule has 0 amide bonds. The topological polar surface area (TPSA) is 21.7 Å². The van der Waals surface area contributed by atoms with Gasteiger partial charge < -0.3 is 9.47 Å². The summed E-state index contributed by atoms with van der Waals surface area (Å²) in [6.07, 6.45) is 2.20. The summed E-state index contributed by atoms with van der Waals surface area (Å²) in [6, 6.07) is 7.49. The second-order valence-electron chi connectivity index (χ2n) is 5.84. The molecule has 0 N–H and O–H groups in total. The van der Waals surface area contributed by atoms with E-state index in [0.717, 1.165) is 44.7 Å². The molecule has 1 aromatic carbocycles. The van der Waals surface area contributed by atoms with Crippen molar-refractivity contribution >= 4 is 0 Å². The van der Waals surface area contributed by atoms with Gasteiger partial charge in [0.1, 0.15) is 5.82 Å². The van der Waals surface area contributed by atoms with E-state index >= 15 is 0 Å². The van der Waals surface area contributed by atoms with Gasteiger partial charge >= 0.3 is 0 Å². The Hall–Kier alpha value is -0.970. The van der Waals surface area contributed by atoms with Crippen LogP contribution in [0.2, 0.25) is 0 Å². The van der Waals surface area contributed by atoms with Gasteiger partial charge in [-0.1, -0.05) is 12.1 Å². The predicted molar refractivity (Wildman–Crippen MR) is 75.2 cm³/mol. The van der Waals surface area contributed by atoms with Crippen molar-refractivity contribution in [2.24, 2.45) is 5.92 Å². The van der Waals surface area contributed by atoms with Crippen molar-refractivity contribution in [2.45, 2.75) is 25.0 Å². The van der Waals surface area contributed by atoms with Crippen LogP contribution >= 0.6 is 0 Å². The van der Waals surface area contributed by atoms with Crippen LogP contribution in [-0.4, -0.2) is 50.5 Å². The van der Waals surface area contributed by atoms with E-state index in [2.05, 4.69) is 4.90 Å². The number of rotatable bonds is 4. The van der Waals surface area contributed by atoms with Crippen LogP contribution in [0, 0.1) is 11.7 Å². The molecule has 0 saturated carbocycles. The number of ether oxygens (including phenoxy) is 2. The summed E-state index contributed by atoms with van der Waals surface area (Å²) in [5.41, 5.74) is 1.06. The first-order valence-electron chi connectivity index (χ1n) is 7.35. The van der Waals surface area contributed by atoms with E-state index in [0.29, 0.717) is 12.0 Å². The number of halogens is 1. The van der Waals surface area contributed by atoms with Crippen LogP contribution in [0.15, 0.2) is 24.3 Å². The zero-order valence-electron chi connectivity index (χ0n) is 11.9. The fraction of sp³-hybridized carbons (Fsp3) is 0.625. The molecule has 2 aliphatic heterocycles. The number of methoxy groups -OCH3 is 1. The third-order valence-electron chi connectivity index (χ3n) is 4.52. The minimum absolute atomic E-state index is 0.156. The van der Waals surface area contributed by atoms with E-state index in [9.17, 15) is 4.39 Å². The van der Waals surface area contributed by atoms with Crippen LogP contribution in [-0.2, 0) is 15.9 Å². The predicted octanol–water partition coefficient (Wildman–Crippen LogP) is 2.10. The molecule has 3 rings (SSSR count). The highest BCUT2D eigenvalue weighted by Crippen LogP contribution is 2.26. The third kappa shape index (κ3) is 3.03. The molecular formula is C16H22FNO2. The lowest BCUT2D eigenvalue weighted by molar-refractivity contribution is -0.0975. The molecule has 20 heavy (non-hydrogen) atoms. The maximum atomic E-state index is 13.3. The summed E-state index contributed by atoms with van der Waals surface area (Å²) in [6.45, 7) is 3.80. The summed E-state index contributed by atoms with van der Waals surface area (Å²) in [7, 11) is 1.78. The van der Waals surface area contributed by atoms with Gasteiger partial charge in [-0.2, -0.15) is 0 Å². The Labute approximate surface area is 119 Å². The summed E-state index contributed by atoms with van der Waals surface area (Å²) in [5.74, 6) is 0.271. The molecule has 2 aliphatic rings. The summed E-state index contributed by atoms with van der Waals surface area (Å²) < 4.78 is 24.2. The fourth-order valence-electron chi connectivity index (χ4n) is 3.28. The molecule has 1 aromatic rings. The third-order valence-corrected chi connectivity index (χ3v) is 4.52. The lowest BCUT2D eigenvalue weighted by Gasteiger charge is -2.44. The molecule has 0 spiro atoms. The Morgan fingerprint density at radius 2 is 2.25 bits per heavy atom. The zero-order chi connectivity index (χ0) is 13.9. The monoisotopic (exact) mass is 279 g/mol. The SMILES string of the molecule is CO[C@@H]1CCN(C2COC2)C[C@H]1Cc1cccc(F)c1. The molecule has 2 saturated heterocycles. The number of hydrogen-bond acceptors (Lipinski definition) is 3. The Morgan fingerprint density at radius 3 is 2.90 bits per heavy atom. The Balaban J connectivity index is 1.67. The van der Waals surface area contributed by atoms with E-state index in [4.69, 9.17) is 9.47 Å². The molecule has 2 heterocycles. The van der Waals surface area contributed by atoms with Gasteiger partial charge in [-0.15, -0.1) is 0 Å². The maximum Gasteiger partial charge on any atom is 0.123 e. The number of likely N-dealkylation sites (tertiary alicyclic amines) is 1. The molecule has 3 nitrogen and oxygen atoms in total. The lowest BCUT2D eigenvalue weighted by Crippen LogP contribution is -2.55. The first kappa shape index (κ1) is 14.0. The minimum Gasteiger partial charge on any atom is -0.381 e. The number of piperidine rings is 1. The Morgan fingerprint density at radius 1 is 1.40 bits per heavy atom. The van der Waals surface area contributed by atoms with Crippen molar-refractivity contribution in [3.05, 3.63) is 35.6 Å². The molecule has 0 unspecified atom stereocenters. The quantitative estimate of drug-likeness (QED) is 0.842. The van der Waals surface area contributed by atoms with Gasteiger partial charge in [-0.25, -0.2) is 4.39 Å². The second-order valence-corrected chi connectivity index (χ2v) is 5.84. The molecule has 2 fully saturated rings. The molecule has 2 atom stereocenters. The van der Waals surface area contributed by atoms with Gasteiger partial charge in [0.25, 0.3) is 0 Å². The highest BCUT2D eigenvalue weighted by Gasteiger charge is 2.35. The molecule has 0 aromatic heterocycles. The summed E-state index contributed by atoms with van der Waals surface area (Å²) in [4.78, 5) is 2.50. The van der Waals surface area contributed by atoms with Crippen LogP contribution in [0.25, 0.3) is 0 Å². The largest absolute Gasteiger partial charge is 0.381 e. The van der Waals surface area contributed by atoms with Gasteiger partial charge in [0.05, 0.1) is 25.4 Å². The van der Waals surface area contributed by atoms with Crippen molar-refractivity contribution in [1.29, 1.82) is 0 Å². The van der Waals surface area contributed by atoms with Crippen molar-refractivity contribution in [2.75, 3.05) is 33.4 Å². The van der Waals surface area contributed by atoms with Crippen LogP contribution in [0.1, 0.15) is 12.0 Å². The number of nitrogens with zero attached hydrogens (tertiary/aromatic N) is 1. The molecule has 110 valence electrons. The van der Waals surface area contributed by atoms with E-state index in [-0.39, 0.29) is 11.9 Å². The Bertz CT molecular complexity index is 450. The molecule has 4 heteroatoms. The standard InChI is InChI=1S/C16H22FNO2/c1-19-16-5-6-18(15-10-20-11-15)9-13(16)7-12-3-2-4-14(17)8-12/h2-4,8,13,15-16H,5-7,9-11H2,1H3/t13-,16-/m1/s1. The molecular weight excluding hydrogens is 257 g/mol. The summed E-state index contributed by atoms with van der Waals surface area (Å²) in [5, 5.41) is 0. The normalized spacial score (nSPS) is 28.3. The smallest absolute Gasteiger partial charge is 0.123 e. The van der Waals surface area contributed by atoms with Gasteiger partial charge in [-0.3, -0.25) is 4.90 Å². The van der Waals surface area contributed by atoms with Crippen LogP contribution in [0.4, 0.5) is 4.39 Å². The van der Waals surface area contributed by atoms with Crippen molar-refractivity contribution in [3.63, 3.8) is 0 Å². The average Bonchev–Trinajstić information content (AvgIpc) is 2.37. The average molecular weight is 279 g/mol. The summed E-state index contributed by atoms with van der Waals surface area (Å²) >= 11 is 0. The first-order valence-corrected chi connectivity index (χ1v) is 7.35. The van der Waals surface area contributed by atoms with Crippen LogP contribution in [0.3, 0.4) is 0 Å². The van der Waals surface area contributed by atoms with Gasteiger partial charge in [0.2, 0.25) is 0 Å². The first-order chi connectivity index (χ1) is 9.76. The highest BCUT2D eigenvalue weighted by molar-refractivity contribution is 5.17. The van der Waals surface area contributed by atoms with E-state index < -0.39 is 0 Å². The molecule has 0 radical (unpaired) electrons. The van der Waals surface area contributed by atoms with Crippen molar-refractivity contribution < 1.29 is 13.9 Å². The van der Waals surface area contributed by atoms with Crippen LogP contribution in [0.5, 0.6) is 0 Å². The molecule has 0 aliphatic carbocycles. The van der Waals surface area contributed by atoms with Crippen molar-refractivity contribution in [1.82, 2.24) is 4.90 Å². The van der Waals surface area contributed by atoms with E-state index in [1.807, 2.05) is 6.07 Å². The van der Waals surface area contributed by atoms with Gasteiger partial charge in [0, 0.05) is 26.1 Å². The van der Waals surface area contributed by atoms with Crippen molar-refractivity contribution in [3.8, 4) is 0 Å². The second kappa shape index (κ2) is 6.20. The molecule has 0 bridgehead atoms. The fourth-order valence-corrected chi connectivity index (χ4v) is 3.28. The minimum atomic E-state index is -0.156. The number of benzene rings is 1. The lowest BCUT2D eigenvalue weighted by atomic mass is 9.87. The Kier molecular flexibility index (Phi) is 4.34.